The van der Waals surface area contributed by atoms with Crippen molar-refractivity contribution in [2.45, 2.75) is 50.4 Å². The summed E-state index contributed by atoms with van der Waals surface area (Å²) in [4.78, 5) is 25.4. The molecule has 210 valence electrons. The highest BCUT2D eigenvalue weighted by Crippen LogP contribution is 2.41. The highest BCUT2D eigenvalue weighted by Gasteiger charge is 2.38. The van der Waals surface area contributed by atoms with E-state index in [1.54, 1.807) is 42.6 Å². The third kappa shape index (κ3) is 6.53. The number of aromatic nitrogens is 3. The number of carbonyl (C=O) groups excluding carboxylic acids is 1. The number of rotatable bonds is 6. The lowest BCUT2D eigenvalue weighted by atomic mass is 9.82. The molecule has 5 rings (SSSR count). The first-order valence-corrected chi connectivity index (χ1v) is 13.6. The Labute approximate surface area is 237 Å². The van der Waals surface area contributed by atoms with Crippen LogP contribution in [-0.4, -0.2) is 32.0 Å². The van der Waals surface area contributed by atoms with Gasteiger partial charge in [-0.2, -0.15) is 18.4 Å². The van der Waals surface area contributed by atoms with E-state index in [0.717, 1.165) is 28.3 Å². The van der Waals surface area contributed by atoms with Gasteiger partial charge < -0.3 is 15.7 Å². The molecule has 12 heteroatoms. The van der Waals surface area contributed by atoms with Crippen LogP contribution in [0.2, 0.25) is 0 Å². The minimum Gasteiger partial charge on any atom is -0.383 e. The summed E-state index contributed by atoms with van der Waals surface area (Å²) in [5.41, 5.74) is 0.962. The Morgan fingerprint density at radius 1 is 1.12 bits per heavy atom. The molecule has 2 aromatic carbocycles. The first-order valence-electron chi connectivity index (χ1n) is 12.8. The Balaban J connectivity index is 1.25. The van der Waals surface area contributed by atoms with Crippen molar-refractivity contribution >= 4 is 28.9 Å². The number of thiazole rings is 1. The van der Waals surface area contributed by atoms with Crippen LogP contribution >= 0.6 is 11.3 Å². The number of benzene rings is 2. The van der Waals surface area contributed by atoms with Gasteiger partial charge in [0.15, 0.2) is 0 Å². The number of nitrogens with zero attached hydrogens (tertiary/aromatic N) is 4. The van der Waals surface area contributed by atoms with Crippen LogP contribution in [0.3, 0.4) is 0 Å². The van der Waals surface area contributed by atoms with Gasteiger partial charge in [0, 0.05) is 29.7 Å². The highest BCUT2D eigenvalue weighted by atomic mass is 32.1. The number of hydrogen-bond donors (Lipinski definition) is 3. The number of anilines is 2. The van der Waals surface area contributed by atoms with Crippen LogP contribution in [0.25, 0.3) is 10.4 Å². The van der Waals surface area contributed by atoms with Crippen molar-refractivity contribution in [1.82, 2.24) is 20.3 Å². The van der Waals surface area contributed by atoms with Gasteiger partial charge in [-0.3, -0.25) is 4.79 Å². The minimum absolute atomic E-state index is 0.0960. The molecule has 3 N–H and O–H groups in total. The Morgan fingerprint density at radius 2 is 1.85 bits per heavy atom. The molecule has 2 heterocycles. The molecule has 4 aromatic rings. The van der Waals surface area contributed by atoms with Crippen LogP contribution in [0, 0.1) is 18.3 Å². The monoisotopic (exact) mass is 578 g/mol. The van der Waals surface area contributed by atoms with Crippen molar-refractivity contribution < 1.29 is 23.1 Å². The fraction of sp³-hybridized carbons (Fsp3) is 0.276. The fourth-order valence-corrected chi connectivity index (χ4v) is 5.79. The maximum atomic E-state index is 13.0. The number of carbonyl (C=O) groups is 1. The quantitative estimate of drug-likeness (QED) is 0.252. The molecule has 1 fully saturated rings. The SMILES string of the molecule is Cc1cc(Nc2nccc(C(F)(F)F)n2)cc(-c2cnc([C@]3(O)CC[C@@H](NC(=O)c4ccc(C#N)cc4)CC3)s2)c1. The zero-order valence-electron chi connectivity index (χ0n) is 21.9. The van der Waals surface area contributed by atoms with Gasteiger partial charge in [-0.25, -0.2) is 15.0 Å². The molecule has 0 spiro atoms. The lowest BCUT2D eigenvalue weighted by Gasteiger charge is -2.34. The fourth-order valence-electron chi connectivity index (χ4n) is 4.74. The number of alkyl halides is 3. The van der Waals surface area contributed by atoms with E-state index in [9.17, 15) is 23.1 Å². The second-order valence-electron chi connectivity index (χ2n) is 9.97. The molecule has 0 radical (unpaired) electrons. The summed E-state index contributed by atoms with van der Waals surface area (Å²) >= 11 is 1.35. The van der Waals surface area contributed by atoms with E-state index in [4.69, 9.17) is 5.26 Å². The zero-order chi connectivity index (χ0) is 29.2. The third-order valence-electron chi connectivity index (χ3n) is 6.89. The molecule has 8 nitrogen and oxygen atoms in total. The number of aryl methyl sites for hydroxylation is 1. The Kier molecular flexibility index (Phi) is 7.75. The van der Waals surface area contributed by atoms with Crippen molar-refractivity contribution in [2.75, 3.05) is 5.32 Å². The lowest BCUT2D eigenvalue weighted by molar-refractivity contribution is -0.141. The molecule has 41 heavy (non-hydrogen) atoms. The van der Waals surface area contributed by atoms with Gasteiger partial charge in [0.05, 0.1) is 16.5 Å². The van der Waals surface area contributed by atoms with Crippen molar-refractivity contribution in [2.24, 2.45) is 0 Å². The highest BCUT2D eigenvalue weighted by molar-refractivity contribution is 7.15. The molecular formula is C29H25F3N6O2S. The largest absolute Gasteiger partial charge is 0.433 e. The minimum atomic E-state index is -4.58. The lowest BCUT2D eigenvalue weighted by Crippen LogP contribution is -2.42. The zero-order valence-corrected chi connectivity index (χ0v) is 22.7. The van der Waals surface area contributed by atoms with E-state index in [1.807, 2.05) is 19.1 Å². The number of nitrogens with one attached hydrogen (secondary N) is 2. The molecule has 0 saturated heterocycles. The van der Waals surface area contributed by atoms with Crippen LogP contribution < -0.4 is 10.6 Å². The summed E-state index contributed by atoms with van der Waals surface area (Å²) in [7, 11) is 0. The predicted molar refractivity (Wildman–Crippen MR) is 147 cm³/mol. The average molecular weight is 579 g/mol. The number of amides is 1. The van der Waals surface area contributed by atoms with E-state index in [-0.39, 0.29) is 17.9 Å². The summed E-state index contributed by atoms with van der Waals surface area (Å²) < 4.78 is 39.1. The smallest absolute Gasteiger partial charge is 0.383 e. The van der Waals surface area contributed by atoms with Gasteiger partial charge in [0.25, 0.3) is 5.91 Å². The Morgan fingerprint density at radius 3 is 2.54 bits per heavy atom. The number of nitriles is 1. The standard InChI is InChI=1S/C29H25F3N6O2S/c1-17-12-20(14-22(13-17)37-27-34-11-8-24(38-27)29(30,31)32)23-16-35-26(41-23)28(40)9-6-21(7-10-28)36-25(39)19-4-2-18(15-33)3-5-19/h2-5,8,11-14,16,21,40H,6-7,9-10H2,1H3,(H,36,39)(H,34,37,38)/t21-,28+. The second kappa shape index (κ2) is 11.3. The molecule has 0 bridgehead atoms. The van der Waals surface area contributed by atoms with Gasteiger partial charge in [0.1, 0.15) is 16.3 Å². The third-order valence-corrected chi connectivity index (χ3v) is 8.13. The summed E-state index contributed by atoms with van der Waals surface area (Å²) in [5.74, 6) is -0.389. The Hall–Kier alpha value is -4.34. The molecule has 0 unspecified atom stereocenters. The van der Waals surface area contributed by atoms with E-state index in [0.29, 0.717) is 47.5 Å². The van der Waals surface area contributed by atoms with Crippen molar-refractivity contribution in [3.8, 4) is 16.5 Å². The molecule has 0 aliphatic heterocycles. The summed E-state index contributed by atoms with van der Waals surface area (Å²) in [5, 5.41) is 26.8. The first kappa shape index (κ1) is 28.2. The molecule has 2 aromatic heterocycles. The number of halogens is 3. The molecular weight excluding hydrogens is 553 g/mol. The van der Waals surface area contributed by atoms with Gasteiger partial charge in [-0.15, -0.1) is 11.3 Å². The van der Waals surface area contributed by atoms with Crippen LogP contribution in [0.1, 0.15) is 57.9 Å². The summed E-state index contributed by atoms with van der Waals surface area (Å²) in [6.45, 7) is 1.87. The molecule has 0 atom stereocenters. The maximum Gasteiger partial charge on any atom is 0.433 e. The second-order valence-corrected chi connectivity index (χ2v) is 11.0. The predicted octanol–water partition coefficient (Wildman–Crippen LogP) is 6.10. The van der Waals surface area contributed by atoms with Crippen LogP contribution in [-0.2, 0) is 11.8 Å². The van der Waals surface area contributed by atoms with Crippen LogP contribution in [0.4, 0.5) is 24.8 Å². The number of aliphatic hydroxyl groups is 1. The number of hydrogen-bond acceptors (Lipinski definition) is 8. The van der Waals surface area contributed by atoms with Gasteiger partial charge in [-0.1, -0.05) is 6.07 Å². The Bertz CT molecular complexity index is 1610. The van der Waals surface area contributed by atoms with E-state index < -0.39 is 17.5 Å². The van der Waals surface area contributed by atoms with Gasteiger partial charge in [-0.05, 0) is 86.2 Å². The summed E-state index contributed by atoms with van der Waals surface area (Å²) in [6, 6.07) is 14.6. The van der Waals surface area contributed by atoms with E-state index in [1.165, 1.54) is 11.3 Å². The molecule has 1 aliphatic carbocycles. The van der Waals surface area contributed by atoms with Crippen LogP contribution in [0.15, 0.2) is 60.9 Å². The average Bonchev–Trinajstić information content (AvgIpc) is 3.45. The normalized spacial score (nSPS) is 18.9. The molecule has 1 saturated carbocycles. The summed E-state index contributed by atoms with van der Waals surface area (Å²) in [6.07, 6.45) is 0.143. The van der Waals surface area contributed by atoms with E-state index >= 15 is 0 Å². The molecule has 1 aliphatic rings. The maximum absolute atomic E-state index is 13.0. The van der Waals surface area contributed by atoms with Crippen molar-refractivity contribution in [3.05, 3.63) is 88.3 Å². The van der Waals surface area contributed by atoms with E-state index in [2.05, 4.69) is 25.6 Å². The van der Waals surface area contributed by atoms with Gasteiger partial charge in [0.2, 0.25) is 5.95 Å². The molecule has 1 amide bonds. The van der Waals surface area contributed by atoms with Crippen molar-refractivity contribution in [1.29, 1.82) is 5.26 Å². The topological polar surface area (TPSA) is 124 Å². The first-order chi connectivity index (χ1) is 19.5. The van der Waals surface area contributed by atoms with Crippen molar-refractivity contribution in [3.63, 3.8) is 0 Å². The van der Waals surface area contributed by atoms with Crippen LogP contribution in [0.5, 0.6) is 0 Å². The van der Waals surface area contributed by atoms with Gasteiger partial charge >= 0.3 is 6.18 Å².